The van der Waals surface area contributed by atoms with Gasteiger partial charge in [-0.1, -0.05) is 6.07 Å². The van der Waals surface area contributed by atoms with Crippen LogP contribution in [0.3, 0.4) is 0 Å². The quantitative estimate of drug-likeness (QED) is 0.808. The van der Waals surface area contributed by atoms with Crippen molar-refractivity contribution >= 4 is 11.9 Å². The normalized spacial score (nSPS) is 18.8. The maximum Gasteiger partial charge on any atom is 0.358 e. The SMILES string of the molecule is COC(=O)c1cc2n(n1)CCN(C(=O)c1cc(CC3CCNC3)ccc1F)C2. The first-order valence-electron chi connectivity index (χ1n) is 9.48. The number of hydrogen-bond acceptors (Lipinski definition) is 5. The van der Waals surface area contributed by atoms with Gasteiger partial charge in [-0.2, -0.15) is 5.10 Å². The van der Waals surface area contributed by atoms with Gasteiger partial charge in [-0.3, -0.25) is 9.48 Å². The zero-order valence-electron chi connectivity index (χ0n) is 15.8. The molecule has 8 heteroatoms. The Bertz CT molecular complexity index is 905. The topological polar surface area (TPSA) is 76.5 Å². The molecule has 0 radical (unpaired) electrons. The maximum absolute atomic E-state index is 14.4. The van der Waals surface area contributed by atoms with Crippen LogP contribution in [-0.2, 0) is 24.2 Å². The molecule has 2 aliphatic rings. The van der Waals surface area contributed by atoms with Crippen LogP contribution in [0.2, 0.25) is 0 Å². The summed E-state index contributed by atoms with van der Waals surface area (Å²) in [7, 11) is 1.30. The molecule has 1 amide bonds. The number of nitrogens with one attached hydrogen (secondary N) is 1. The van der Waals surface area contributed by atoms with Crippen LogP contribution in [0.5, 0.6) is 0 Å². The van der Waals surface area contributed by atoms with E-state index in [1.165, 1.54) is 13.2 Å². The van der Waals surface area contributed by atoms with Gasteiger partial charge >= 0.3 is 5.97 Å². The molecule has 3 heterocycles. The standard InChI is InChI=1S/C20H23FN4O3/c1-28-20(27)18-10-15-12-24(6-7-25(15)23-18)19(26)16-9-13(2-3-17(16)21)8-14-4-5-22-11-14/h2-3,9-10,14,22H,4-8,11-12H2,1H3. The number of ether oxygens (including phenoxy) is 1. The number of aromatic nitrogens is 2. The summed E-state index contributed by atoms with van der Waals surface area (Å²) in [6.45, 7) is 3.10. The van der Waals surface area contributed by atoms with Crippen LogP contribution in [0, 0.1) is 11.7 Å². The molecule has 1 N–H and O–H groups in total. The first-order valence-corrected chi connectivity index (χ1v) is 9.48. The molecule has 1 fully saturated rings. The highest BCUT2D eigenvalue weighted by Gasteiger charge is 2.27. The average molecular weight is 386 g/mol. The predicted molar refractivity (Wildman–Crippen MR) is 99.4 cm³/mol. The number of nitrogens with zero attached hydrogens (tertiary/aromatic N) is 3. The zero-order valence-corrected chi connectivity index (χ0v) is 15.8. The summed E-state index contributed by atoms with van der Waals surface area (Å²) in [5.41, 5.74) is 2.02. The highest BCUT2D eigenvalue weighted by molar-refractivity contribution is 5.94. The van der Waals surface area contributed by atoms with Gasteiger partial charge in [-0.25, -0.2) is 9.18 Å². The van der Waals surface area contributed by atoms with Crippen LogP contribution in [0.25, 0.3) is 0 Å². The van der Waals surface area contributed by atoms with E-state index in [1.807, 2.05) is 0 Å². The maximum atomic E-state index is 14.4. The van der Waals surface area contributed by atoms with E-state index in [1.54, 1.807) is 27.8 Å². The molecule has 1 atom stereocenters. The molecule has 1 saturated heterocycles. The molecule has 2 aromatic rings. The molecule has 1 aromatic heterocycles. The first kappa shape index (κ1) is 18.6. The van der Waals surface area contributed by atoms with Gasteiger partial charge in [-0.05, 0) is 55.6 Å². The second kappa shape index (κ2) is 7.71. The van der Waals surface area contributed by atoms with Gasteiger partial charge in [0.15, 0.2) is 5.69 Å². The van der Waals surface area contributed by atoms with Crippen LogP contribution in [0.15, 0.2) is 24.3 Å². The second-order valence-corrected chi connectivity index (χ2v) is 7.34. The van der Waals surface area contributed by atoms with Crippen molar-refractivity contribution in [1.82, 2.24) is 20.0 Å². The lowest BCUT2D eigenvalue weighted by molar-refractivity contribution is 0.0591. The Balaban J connectivity index is 1.51. The van der Waals surface area contributed by atoms with Crippen LogP contribution in [-0.4, -0.2) is 53.3 Å². The van der Waals surface area contributed by atoms with Crippen LogP contribution >= 0.6 is 0 Å². The third-order valence-electron chi connectivity index (χ3n) is 5.43. The van der Waals surface area contributed by atoms with E-state index < -0.39 is 11.8 Å². The minimum absolute atomic E-state index is 0.101. The summed E-state index contributed by atoms with van der Waals surface area (Å²) < 4.78 is 20.8. The Hall–Kier alpha value is -2.74. The van der Waals surface area contributed by atoms with Crippen molar-refractivity contribution in [3.05, 3.63) is 52.6 Å². The van der Waals surface area contributed by atoms with E-state index >= 15 is 0 Å². The molecule has 1 unspecified atom stereocenters. The molecule has 7 nitrogen and oxygen atoms in total. The van der Waals surface area contributed by atoms with E-state index in [0.717, 1.165) is 37.2 Å². The molecule has 148 valence electrons. The number of benzene rings is 1. The number of halogens is 1. The highest BCUT2D eigenvalue weighted by Crippen LogP contribution is 2.21. The summed E-state index contributed by atoms with van der Waals surface area (Å²) >= 11 is 0. The van der Waals surface area contributed by atoms with E-state index in [0.29, 0.717) is 19.0 Å². The third kappa shape index (κ3) is 3.64. The number of rotatable bonds is 4. The minimum Gasteiger partial charge on any atom is -0.464 e. The minimum atomic E-state index is -0.514. The molecule has 0 bridgehead atoms. The Kier molecular flexibility index (Phi) is 5.13. The lowest BCUT2D eigenvalue weighted by Crippen LogP contribution is -2.38. The number of fused-ring (bicyclic) bond motifs is 1. The van der Waals surface area contributed by atoms with Crippen LogP contribution in [0.1, 0.15) is 38.5 Å². The van der Waals surface area contributed by atoms with Crippen molar-refractivity contribution in [3.63, 3.8) is 0 Å². The Morgan fingerprint density at radius 2 is 2.18 bits per heavy atom. The van der Waals surface area contributed by atoms with Crippen molar-refractivity contribution in [1.29, 1.82) is 0 Å². The summed E-state index contributed by atoms with van der Waals surface area (Å²) in [5.74, 6) is -0.835. The molecule has 0 spiro atoms. The Morgan fingerprint density at radius 3 is 2.93 bits per heavy atom. The van der Waals surface area contributed by atoms with E-state index in [4.69, 9.17) is 4.74 Å². The smallest absolute Gasteiger partial charge is 0.358 e. The summed E-state index contributed by atoms with van der Waals surface area (Å²) in [6, 6.07) is 6.44. The Labute approximate surface area is 162 Å². The van der Waals surface area contributed by atoms with E-state index in [9.17, 15) is 14.0 Å². The van der Waals surface area contributed by atoms with Crippen molar-refractivity contribution < 1.29 is 18.7 Å². The number of carbonyl (C=O) groups excluding carboxylic acids is 2. The molecule has 2 aliphatic heterocycles. The number of carbonyl (C=O) groups is 2. The van der Waals surface area contributed by atoms with Gasteiger partial charge in [0.2, 0.25) is 0 Å². The fourth-order valence-electron chi connectivity index (χ4n) is 3.90. The summed E-state index contributed by atoms with van der Waals surface area (Å²) in [6.07, 6.45) is 1.93. The van der Waals surface area contributed by atoms with Gasteiger partial charge in [0.1, 0.15) is 5.82 Å². The van der Waals surface area contributed by atoms with Gasteiger partial charge in [0.25, 0.3) is 5.91 Å². The fourth-order valence-corrected chi connectivity index (χ4v) is 3.90. The monoisotopic (exact) mass is 386 g/mol. The zero-order chi connectivity index (χ0) is 19.7. The molecular formula is C20H23FN4O3. The van der Waals surface area contributed by atoms with Crippen LogP contribution in [0.4, 0.5) is 4.39 Å². The van der Waals surface area contributed by atoms with E-state index in [-0.39, 0.29) is 23.7 Å². The lowest BCUT2D eigenvalue weighted by atomic mass is 9.97. The van der Waals surface area contributed by atoms with Crippen molar-refractivity contribution in [2.45, 2.75) is 25.9 Å². The van der Waals surface area contributed by atoms with Gasteiger partial charge < -0.3 is 15.0 Å². The molecule has 0 saturated carbocycles. The number of methoxy groups -OCH3 is 1. The first-order chi connectivity index (χ1) is 13.5. The van der Waals surface area contributed by atoms with Crippen molar-refractivity contribution in [2.24, 2.45) is 5.92 Å². The van der Waals surface area contributed by atoms with E-state index in [2.05, 4.69) is 10.4 Å². The second-order valence-electron chi connectivity index (χ2n) is 7.34. The van der Waals surface area contributed by atoms with Crippen LogP contribution < -0.4 is 5.32 Å². The highest BCUT2D eigenvalue weighted by atomic mass is 19.1. The van der Waals surface area contributed by atoms with Gasteiger partial charge in [0, 0.05) is 6.54 Å². The van der Waals surface area contributed by atoms with Gasteiger partial charge in [-0.15, -0.1) is 0 Å². The number of esters is 1. The van der Waals surface area contributed by atoms with Crippen molar-refractivity contribution in [3.8, 4) is 0 Å². The predicted octanol–water partition coefficient (Wildman–Crippen LogP) is 1.62. The summed E-state index contributed by atoms with van der Waals surface area (Å²) in [4.78, 5) is 26.2. The molecule has 1 aromatic carbocycles. The molecular weight excluding hydrogens is 363 g/mol. The molecule has 28 heavy (non-hydrogen) atoms. The average Bonchev–Trinajstić information content (AvgIpc) is 3.37. The number of amides is 1. The molecule has 0 aliphatic carbocycles. The van der Waals surface area contributed by atoms with Gasteiger partial charge in [0.05, 0.1) is 31.5 Å². The fraction of sp³-hybridized carbons (Fsp3) is 0.450. The Morgan fingerprint density at radius 1 is 1.32 bits per heavy atom. The van der Waals surface area contributed by atoms with Crippen molar-refractivity contribution in [2.75, 3.05) is 26.7 Å². The third-order valence-corrected chi connectivity index (χ3v) is 5.43. The molecule has 4 rings (SSSR count). The number of hydrogen-bond donors (Lipinski definition) is 1. The largest absolute Gasteiger partial charge is 0.464 e. The summed E-state index contributed by atoms with van der Waals surface area (Å²) in [5, 5.41) is 7.53. The lowest BCUT2D eigenvalue weighted by Gasteiger charge is -2.28.